The first-order valence-electron chi connectivity index (χ1n) is 8.74. The zero-order valence-corrected chi connectivity index (χ0v) is 15.3. The number of aromatic nitrogens is 1. The molecule has 0 saturated carbocycles. The molecule has 0 radical (unpaired) electrons. The SMILES string of the molecule is O=C(OCC(=O)N1CCCc2ccccc21)c1cc(Cl)nc2ccccc12. The molecule has 2 aromatic carbocycles. The smallest absolute Gasteiger partial charge is 0.339 e. The summed E-state index contributed by atoms with van der Waals surface area (Å²) in [6.45, 7) is 0.304. The lowest BCUT2D eigenvalue weighted by molar-refractivity contribution is -0.121. The van der Waals surface area contributed by atoms with E-state index < -0.39 is 5.97 Å². The van der Waals surface area contributed by atoms with Gasteiger partial charge < -0.3 is 9.64 Å². The number of fused-ring (bicyclic) bond motifs is 2. The van der Waals surface area contributed by atoms with Gasteiger partial charge in [-0.25, -0.2) is 9.78 Å². The van der Waals surface area contributed by atoms with Gasteiger partial charge in [-0.1, -0.05) is 48.0 Å². The van der Waals surface area contributed by atoms with Crippen LogP contribution in [0.25, 0.3) is 10.9 Å². The second-order valence-electron chi connectivity index (χ2n) is 6.36. The summed E-state index contributed by atoms with van der Waals surface area (Å²) in [5.41, 5.74) is 2.93. The highest BCUT2D eigenvalue weighted by Crippen LogP contribution is 2.27. The van der Waals surface area contributed by atoms with Crippen molar-refractivity contribution in [3.63, 3.8) is 0 Å². The fourth-order valence-corrected chi connectivity index (χ4v) is 3.59. The summed E-state index contributed by atoms with van der Waals surface area (Å²) in [5, 5.41) is 0.847. The predicted molar refractivity (Wildman–Crippen MR) is 104 cm³/mol. The van der Waals surface area contributed by atoms with E-state index in [0.29, 0.717) is 23.0 Å². The van der Waals surface area contributed by atoms with Crippen LogP contribution in [0.4, 0.5) is 5.69 Å². The number of carbonyl (C=O) groups excluding carboxylic acids is 2. The van der Waals surface area contributed by atoms with Gasteiger partial charge in [0.15, 0.2) is 6.61 Å². The number of ether oxygens (including phenoxy) is 1. The van der Waals surface area contributed by atoms with Crippen LogP contribution in [0.15, 0.2) is 54.6 Å². The Bertz CT molecular complexity index is 1030. The van der Waals surface area contributed by atoms with Gasteiger partial charge in [-0.05, 0) is 36.6 Å². The van der Waals surface area contributed by atoms with E-state index in [4.69, 9.17) is 16.3 Å². The molecule has 27 heavy (non-hydrogen) atoms. The first kappa shape index (κ1) is 17.5. The molecule has 1 amide bonds. The van der Waals surface area contributed by atoms with E-state index in [1.165, 1.54) is 6.07 Å². The summed E-state index contributed by atoms with van der Waals surface area (Å²) < 4.78 is 5.30. The number of halogens is 1. The van der Waals surface area contributed by atoms with Crippen molar-refractivity contribution in [2.45, 2.75) is 12.8 Å². The third kappa shape index (κ3) is 3.51. The molecule has 5 nitrogen and oxygen atoms in total. The van der Waals surface area contributed by atoms with Gasteiger partial charge in [-0.2, -0.15) is 0 Å². The van der Waals surface area contributed by atoms with Gasteiger partial charge in [-0.3, -0.25) is 4.79 Å². The minimum Gasteiger partial charge on any atom is -0.452 e. The number of nitrogens with zero attached hydrogens (tertiary/aromatic N) is 2. The fraction of sp³-hybridized carbons (Fsp3) is 0.190. The highest BCUT2D eigenvalue weighted by Gasteiger charge is 2.23. The highest BCUT2D eigenvalue weighted by molar-refractivity contribution is 6.30. The van der Waals surface area contributed by atoms with Crippen LogP contribution in [0.2, 0.25) is 5.15 Å². The molecule has 4 rings (SSSR count). The minimum atomic E-state index is -0.589. The van der Waals surface area contributed by atoms with Crippen LogP contribution in [0, 0.1) is 0 Å². The average molecular weight is 381 g/mol. The number of hydrogen-bond acceptors (Lipinski definition) is 4. The normalized spacial score (nSPS) is 13.3. The fourth-order valence-electron chi connectivity index (χ4n) is 3.39. The van der Waals surface area contributed by atoms with Gasteiger partial charge in [0.2, 0.25) is 0 Å². The molecule has 1 aliphatic rings. The zero-order valence-electron chi connectivity index (χ0n) is 14.5. The van der Waals surface area contributed by atoms with Crippen LogP contribution in [-0.2, 0) is 16.0 Å². The Balaban J connectivity index is 1.52. The number of anilines is 1. The van der Waals surface area contributed by atoms with Crippen molar-refractivity contribution in [1.82, 2.24) is 4.98 Å². The van der Waals surface area contributed by atoms with Gasteiger partial charge in [0, 0.05) is 17.6 Å². The summed E-state index contributed by atoms with van der Waals surface area (Å²) in [5.74, 6) is -0.825. The van der Waals surface area contributed by atoms with Crippen molar-refractivity contribution in [3.05, 3.63) is 70.9 Å². The molecule has 0 bridgehead atoms. The van der Waals surface area contributed by atoms with E-state index in [0.717, 1.165) is 24.1 Å². The number of carbonyl (C=O) groups is 2. The third-order valence-corrected chi connectivity index (χ3v) is 4.84. The number of benzene rings is 2. The second kappa shape index (κ2) is 7.37. The number of para-hydroxylation sites is 2. The zero-order chi connectivity index (χ0) is 18.8. The van der Waals surface area contributed by atoms with E-state index >= 15 is 0 Å². The van der Waals surface area contributed by atoms with Gasteiger partial charge in [-0.15, -0.1) is 0 Å². The first-order chi connectivity index (χ1) is 13.1. The molecule has 0 saturated heterocycles. The second-order valence-corrected chi connectivity index (χ2v) is 6.75. The molecule has 0 spiro atoms. The third-order valence-electron chi connectivity index (χ3n) is 4.64. The van der Waals surface area contributed by atoms with Crippen LogP contribution in [0.1, 0.15) is 22.3 Å². The lowest BCUT2D eigenvalue weighted by atomic mass is 10.0. The maximum absolute atomic E-state index is 12.6. The Hall–Kier alpha value is -2.92. The van der Waals surface area contributed by atoms with Gasteiger partial charge in [0.1, 0.15) is 5.15 Å². The molecule has 0 fully saturated rings. The van der Waals surface area contributed by atoms with Crippen molar-refractivity contribution in [2.24, 2.45) is 0 Å². The van der Waals surface area contributed by atoms with Crippen LogP contribution in [0.5, 0.6) is 0 Å². The van der Waals surface area contributed by atoms with Crippen molar-refractivity contribution < 1.29 is 14.3 Å². The molecule has 1 aromatic heterocycles. The van der Waals surface area contributed by atoms with Crippen LogP contribution in [0.3, 0.4) is 0 Å². The maximum Gasteiger partial charge on any atom is 0.339 e. The number of amides is 1. The molecule has 3 aromatic rings. The van der Waals surface area contributed by atoms with E-state index in [-0.39, 0.29) is 17.7 Å². The van der Waals surface area contributed by atoms with Crippen molar-refractivity contribution >= 4 is 40.1 Å². The molecule has 1 aliphatic heterocycles. The van der Waals surface area contributed by atoms with E-state index in [2.05, 4.69) is 4.98 Å². The van der Waals surface area contributed by atoms with E-state index in [1.807, 2.05) is 36.4 Å². The van der Waals surface area contributed by atoms with E-state index in [1.54, 1.807) is 17.0 Å². The summed E-state index contributed by atoms with van der Waals surface area (Å²) in [6.07, 6.45) is 1.84. The number of pyridine rings is 1. The van der Waals surface area contributed by atoms with Gasteiger partial charge in [0.25, 0.3) is 5.91 Å². The highest BCUT2D eigenvalue weighted by atomic mass is 35.5. The monoisotopic (exact) mass is 380 g/mol. The van der Waals surface area contributed by atoms with Crippen LogP contribution >= 0.6 is 11.6 Å². The van der Waals surface area contributed by atoms with Crippen molar-refractivity contribution in [3.8, 4) is 0 Å². The number of rotatable bonds is 3. The summed E-state index contributed by atoms with van der Waals surface area (Å²) in [6, 6.07) is 16.4. The number of esters is 1. The predicted octanol–water partition coefficient (Wildman–Crippen LogP) is 4.02. The topological polar surface area (TPSA) is 59.5 Å². The Kier molecular flexibility index (Phi) is 4.77. The molecule has 0 aliphatic carbocycles. The van der Waals surface area contributed by atoms with Crippen molar-refractivity contribution in [1.29, 1.82) is 0 Å². The summed E-state index contributed by atoms with van der Waals surface area (Å²) in [7, 11) is 0. The molecule has 0 N–H and O–H groups in total. The molecule has 0 atom stereocenters. The molecule has 6 heteroatoms. The van der Waals surface area contributed by atoms with E-state index in [9.17, 15) is 9.59 Å². The Labute approximate surface area is 161 Å². The molecule has 0 unspecified atom stereocenters. The maximum atomic E-state index is 12.6. The van der Waals surface area contributed by atoms with Crippen LogP contribution < -0.4 is 4.90 Å². The Morgan fingerprint density at radius 1 is 1.11 bits per heavy atom. The summed E-state index contributed by atoms with van der Waals surface area (Å²) >= 11 is 6.01. The Morgan fingerprint density at radius 2 is 1.89 bits per heavy atom. The molecule has 2 heterocycles. The summed E-state index contributed by atoms with van der Waals surface area (Å²) in [4.78, 5) is 31.1. The Morgan fingerprint density at radius 3 is 2.78 bits per heavy atom. The van der Waals surface area contributed by atoms with Crippen LogP contribution in [-0.4, -0.2) is 30.0 Å². The molecule has 136 valence electrons. The van der Waals surface area contributed by atoms with Gasteiger partial charge in [0.05, 0.1) is 11.1 Å². The number of hydrogen-bond donors (Lipinski definition) is 0. The first-order valence-corrected chi connectivity index (χ1v) is 9.12. The van der Waals surface area contributed by atoms with Crippen molar-refractivity contribution in [2.75, 3.05) is 18.1 Å². The number of aryl methyl sites for hydroxylation is 1. The average Bonchev–Trinajstić information content (AvgIpc) is 2.70. The molecular weight excluding hydrogens is 364 g/mol. The standard InChI is InChI=1S/C21H17ClN2O3/c22-19-12-16(15-8-2-3-9-17(15)23-19)21(26)27-13-20(25)24-11-5-7-14-6-1-4-10-18(14)24/h1-4,6,8-10,12H,5,7,11,13H2. The minimum absolute atomic E-state index is 0.205. The lowest BCUT2D eigenvalue weighted by Gasteiger charge is -2.29. The quantitative estimate of drug-likeness (QED) is 0.508. The lowest BCUT2D eigenvalue weighted by Crippen LogP contribution is -2.38. The molecular formula is C21H17ClN2O3. The largest absolute Gasteiger partial charge is 0.452 e. The van der Waals surface area contributed by atoms with Gasteiger partial charge >= 0.3 is 5.97 Å².